The lowest BCUT2D eigenvalue weighted by atomic mass is 10.1. The molecule has 0 atom stereocenters. The molecule has 146 valence electrons. The summed E-state index contributed by atoms with van der Waals surface area (Å²) in [5, 5.41) is 7.40. The topological polar surface area (TPSA) is 90.0 Å². The minimum absolute atomic E-state index is 0.0665. The molecule has 0 radical (unpaired) electrons. The Labute approximate surface area is 167 Å². The number of carbonyl (C=O) groups is 1. The van der Waals surface area contributed by atoms with E-state index in [0.29, 0.717) is 28.9 Å². The molecule has 0 aliphatic heterocycles. The minimum atomic E-state index is -0.278. The zero-order valence-corrected chi connectivity index (χ0v) is 16.4. The number of pyridine rings is 1. The van der Waals surface area contributed by atoms with Gasteiger partial charge >= 0.3 is 0 Å². The molecule has 2 heterocycles. The van der Waals surface area contributed by atoms with E-state index in [1.54, 1.807) is 36.5 Å². The van der Waals surface area contributed by atoms with Gasteiger partial charge in [-0.2, -0.15) is 4.98 Å². The summed E-state index contributed by atoms with van der Waals surface area (Å²) in [6, 6.07) is 10.0. The molecule has 0 saturated heterocycles. The van der Waals surface area contributed by atoms with Crippen LogP contribution in [0, 0.1) is 5.92 Å². The van der Waals surface area contributed by atoms with Gasteiger partial charge in [0.15, 0.2) is 0 Å². The first-order valence-corrected chi connectivity index (χ1v) is 9.37. The zero-order valence-electron chi connectivity index (χ0n) is 15.7. The molecule has 0 unspecified atom stereocenters. The SMILES string of the molecule is CC(C)CCNC(=O)Cn1cc(-c2nc(-c3ccc(Cl)cc3)no2)ccc1=O. The lowest BCUT2D eigenvalue weighted by Gasteiger charge is -2.09. The summed E-state index contributed by atoms with van der Waals surface area (Å²) in [4.78, 5) is 28.5. The predicted molar refractivity (Wildman–Crippen MR) is 107 cm³/mol. The highest BCUT2D eigenvalue weighted by Gasteiger charge is 2.13. The van der Waals surface area contributed by atoms with Crippen LogP contribution >= 0.6 is 11.6 Å². The molecule has 8 heteroatoms. The lowest BCUT2D eigenvalue weighted by molar-refractivity contribution is -0.121. The molecule has 0 saturated carbocycles. The molecule has 0 aliphatic carbocycles. The Hall–Kier alpha value is -2.93. The normalized spacial score (nSPS) is 11.0. The molecule has 1 amide bonds. The molecule has 0 bridgehead atoms. The van der Waals surface area contributed by atoms with Crippen LogP contribution in [0.25, 0.3) is 22.8 Å². The Morgan fingerprint density at radius 2 is 1.89 bits per heavy atom. The van der Waals surface area contributed by atoms with Crippen LogP contribution in [0.4, 0.5) is 0 Å². The number of carbonyl (C=O) groups excluding carboxylic acids is 1. The summed E-state index contributed by atoms with van der Waals surface area (Å²) < 4.78 is 6.64. The van der Waals surface area contributed by atoms with Crippen molar-refractivity contribution in [1.29, 1.82) is 0 Å². The second-order valence-corrected chi connectivity index (χ2v) is 7.28. The fourth-order valence-corrected chi connectivity index (χ4v) is 2.68. The van der Waals surface area contributed by atoms with Gasteiger partial charge in [0, 0.05) is 29.4 Å². The molecule has 2 aromatic heterocycles. The van der Waals surface area contributed by atoms with Gasteiger partial charge in [-0.05, 0) is 42.7 Å². The Bertz CT molecular complexity index is 1010. The molecule has 1 aromatic carbocycles. The van der Waals surface area contributed by atoms with Crippen molar-refractivity contribution < 1.29 is 9.32 Å². The van der Waals surface area contributed by atoms with Gasteiger partial charge in [-0.1, -0.05) is 30.6 Å². The van der Waals surface area contributed by atoms with E-state index in [4.69, 9.17) is 16.1 Å². The third-order valence-electron chi connectivity index (χ3n) is 4.12. The first-order valence-electron chi connectivity index (χ1n) is 8.99. The van der Waals surface area contributed by atoms with Crippen molar-refractivity contribution in [3.63, 3.8) is 0 Å². The molecule has 0 fully saturated rings. The molecular weight excluding hydrogens is 380 g/mol. The summed E-state index contributed by atoms with van der Waals surface area (Å²) in [5.74, 6) is 0.959. The third-order valence-corrected chi connectivity index (χ3v) is 4.37. The van der Waals surface area contributed by atoms with Crippen molar-refractivity contribution in [2.45, 2.75) is 26.8 Å². The smallest absolute Gasteiger partial charge is 0.259 e. The molecular formula is C20H21ClN4O3. The summed E-state index contributed by atoms with van der Waals surface area (Å²) >= 11 is 5.89. The van der Waals surface area contributed by atoms with Gasteiger partial charge in [-0.3, -0.25) is 9.59 Å². The zero-order chi connectivity index (χ0) is 20.1. The van der Waals surface area contributed by atoms with E-state index in [1.807, 2.05) is 0 Å². The lowest BCUT2D eigenvalue weighted by Crippen LogP contribution is -2.32. The minimum Gasteiger partial charge on any atom is -0.355 e. The average Bonchev–Trinajstić information content (AvgIpc) is 3.14. The highest BCUT2D eigenvalue weighted by Crippen LogP contribution is 2.22. The number of hydrogen-bond acceptors (Lipinski definition) is 5. The number of halogens is 1. The van der Waals surface area contributed by atoms with Crippen LogP contribution < -0.4 is 10.9 Å². The monoisotopic (exact) mass is 400 g/mol. The van der Waals surface area contributed by atoms with E-state index in [2.05, 4.69) is 29.3 Å². The quantitative estimate of drug-likeness (QED) is 0.656. The number of aromatic nitrogens is 3. The first-order chi connectivity index (χ1) is 13.4. The summed E-state index contributed by atoms with van der Waals surface area (Å²) in [6.07, 6.45) is 2.43. The highest BCUT2D eigenvalue weighted by molar-refractivity contribution is 6.30. The average molecular weight is 401 g/mol. The van der Waals surface area contributed by atoms with Crippen LogP contribution in [0.15, 0.2) is 51.9 Å². The Morgan fingerprint density at radius 3 is 2.61 bits per heavy atom. The Balaban J connectivity index is 1.75. The molecule has 0 spiro atoms. The summed E-state index contributed by atoms with van der Waals surface area (Å²) in [7, 11) is 0. The van der Waals surface area contributed by atoms with Crippen molar-refractivity contribution >= 4 is 17.5 Å². The van der Waals surface area contributed by atoms with Gasteiger partial charge in [-0.15, -0.1) is 0 Å². The maximum Gasteiger partial charge on any atom is 0.259 e. The fraction of sp³-hybridized carbons (Fsp3) is 0.300. The Kier molecular flexibility index (Phi) is 6.26. The van der Waals surface area contributed by atoms with Crippen LogP contribution in [0.1, 0.15) is 20.3 Å². The van der Waals surface area contributed by atoms with Crippen LogP contribution in [-0.4, -0.2) is 27.2 Å². The second kappa shape index (κ2) is 8.84. The number of nitrogens with one attached hydrogen (secondary N) is 1. The van der Waals surface area contributed by atoms with Crippen molar-refractivity contribution in [3.8, 4) is 22.8 Å². The van der Waals surface area contributed by atoms with Gasteiger partial charge in [0.25, 0.3) is 11.4 Å². The van der Waals surface area contributed by atoms with Crippen molar-refractivity contribution in [3.05, 3.63) is 58.0 Å². The van der Waals surface area contributed by atoms with E-state index >= 15 is 0 Å². The number of hydrogen-bond donors (Lipinski definition) is 1. The summed E-state index contributed by atoms with van der Waals surface area (Å²) in [5.41, 5.74) is 1.04. The van der Waals surface area contributed by atoms with Crippen LogP contribution in [0.3, 0.4) is 0 Å². The van der Waals surface area contributed by atoms with Gasteiger partial charge in [0.1, 0.15) is 6.54 Å². The van der Waals surface area contributed by atoms with Gasteiger partial charge in [-0.25, -0.2) is 0 Å². The molecule has 3 rings (SSSR count). The van der Waals surface area contributed by atoms with E-state index < -0.39 is 0 Å². The first kappa shape index (κ1) is 19.8. The molecule has 1 N–H and O–H groups in total. The number of benzene rings is 1. The van der Waals surface area contributed by atoms with Crippen molar-refractivity contribution in [1.82, 2.24) is 20.0 Å². The maximum absolute atomic E-state index is 12.1. The Morgan fingerprint density at radius 1 is 1.18 bits per heavy atom. The highest BCUT2D eigenvalue weighted by atomic mass is 35.5. The second-order valence-electron chi connectivity index (χ2n) is 6.85. The van der Waals surface area contributed by atoms with E-state index in [0.717, 1.165) is 12.0 Å². The third kappa shape index (κ3) is 5.07. The maximum atomic E-state index is 12.1. The van der Waals surface area contributed by atoms with Crippen LogP contribution in [-0.2, 0) is 11.3 Å². The van der Waals surface area contributed by atoms with Crippen molar-refractivity contribution in [2.24, 2.45) is 5.92 Å². The fourth-order valence-electron chi connectivity index (χ4n) is 2.55. The number of rotatable bonds is 7. The van der Waals surface area contributed by atoms with E-state index in [-0.39, 0.29) is 23.9 Å². The van der Waals surface area contributed by atoms with Crippen LogP contribution in [0.2, 0.25) is 5.02 Å². The molecule has 0 aliphatic rings. The van der Waals surface area contributed by atoms with Crippen LogP contribution in [0.5, 0.6) is 0 Å². The van der Waals surface area contributed by atoms with Gasteiger partial charge < -0.3 is 14.4 Å². The number of amides is 1. The van der Waals surface area contributed by atoms with Crippen molar-refractivity contribution in [2.75, 3.05) is 6.54 Å². The largest absolute Gasteiger partial charge is 0.355 e. The number of nitrogens with zero attached hydrogens (tertiary/aromatic N) is 3. The van der Waals surface area contributed by atoms with E-state index in [9.17, 15) is 9.59 Å². The predicted octanol–water partition coefficient (Wildman–Crippen LogP) is 3.38. The molecule has 28 heavy (non-hydrogen) atoms. The van der Waals surface area contributed by atoms with E-state index in [1.165, 1.54) is 10.6 Å². The van der Waals surface area contributed by atoms with Gasteiger partial charge in [0.2, 0.25) is 11.7 Å². The standard InChI is InChI=1S/C20H21ClN4O3/c1-13(2)9-10-22-17(26)12-25-11-15(5-8-18(25)27)20-23-19(24-28-20)14-3-6-16(21)7-4-14/h3-8,11,13H,9-10,12H2,1-2H3,(H,22,26). The molecule has 3 aromatic rings. The summed E-state index contributed by atoms with van der Waals surface area (Å²) in [6.45, 7) is 4.69. The van der Waals surface area contributed by atoms with Gasteiger partial charge in [0.05, 0.1) is 5.56 Å². The molecule has 7 nitrogen and oxygen atoms in total.